The summed E-state index contributed by atoms with van der Waals surface area (Å²) < 4.78 is 10.4. The summed E-state index contributed by atoms with van der Waals surface area (Å²) >= 11 is 0. The van der Waals surface area contributed by atoms with Crippen molar-refractivity contribution < 1.29 is 24.2 Å². The molecule has 1 fully saturated rings. The number of ether oxygens (including phenoxy) is 2. The lowest BCUT2D eigenvalue weighted by Gasteiger charge is -2.34. The lowest BCUT2D eigenvalue weighted by atomic mass is 9.82. The van der Waals surface area contributed by atoms with Crippen LogP contribution in [0.15, 0.2) is 36.4 Å². The van der Waals surface area contributed by atoms with Crippen molar-refractivity contribution >= 4 is 17.7 Å². The number of esters is 1. The van der Waals surface area contributed by atoms with Gasteiger partial charge in [-0.15, -0.1) is 0 Å². The minimum Gasteiger partial charge on any atom is -0.508 e. The molecule has 2 aromatic carbocycles. The molecule has 0 aromatic heterocycles. The zero-order chi connectivity index (χ0) is 25.8. The van der Waals surface area contributed by atoms with Gasteiger partial charge in [-0.25, -0.2) is 9.59 Å². The van der Waals surface area contributed by atoms with Gasteiger partial charge in [-0.2, -0.15) is 0 Å². The third kappa shape index (κ3) is 7.13. The van der Waals surface area contributed by atoms with Crippen molar-refractivity contribution in [1.29, 1.82) is 0 Å². The van der Waals surface area contributed by atoms with Gasteiger partial charge in [0.15, 0.2) is 0 Å². The highest BCUT2D eigenvalue weighted by atomic mass is 16.6. The summed E-state index contributed by atoms with van der Waals surface area (Å²) in [7, 11) is 1.38. The molecule has 1 unspecified atom stereocenters. The summed E-state index contributed by atoms with van der Waals surface area (Å²) in [6, 6.07) is 11.1. The number of aromatic hydroxyl groups is 1. The van der Waals surface area contributed by atoms with Crippen LogP contribution in [0, 0.1) is 12.8 Å². The number of nitrogens with one attached hydrogen (secondary N) is 2. The monoisotopic (exact) mass is 482 g/mol. The van der Waals surface area contributed by atoms with Crippen molar-refractivity contribution in [3.8, 4) is 16.9 Å². The molecule has 0 saturated heterocycles. The zero-order valence-corrected chi connectivity index (χ0v) is 21.6. The molecule has 1 saturated carbocycles. The molecule has 3 N–H and O–H groups in total. The average Bonchev–Trinajstić information content (AvgIpc) is 2.79. The Morgan fingerprint density at radius 1 is 1.03 bits per heavy atom. The maximum atomic E-state index is 12.5. The van der Waals surface area contributed by atoms with Crippen LogP contribution < -0.4 is 10.6 Å². The quantitative estimate of drug-likeness (QED) is 0.435. The van der Waals surface area contributed by atoms with E-state index in [1.807, 2.05) is 52.0 Å². The summed E-state index contributed by atoms with van der Waals surface area (Å²) in [5, 5.41) is 16.3. The number of alkyl carbamates (subject to hydrolysis) is 1. The first-order chi connectivity index (χ1) is 16.5. The highest BCUT2D eigenvalue weighted by Gasteiger charge is 2.28. The van der Waals surface area contributed by atoms with Crippen LogP contribution in [0.2, 0.25) is 0 Å². The number of benzene rings is 2. The van der Waals surface area contributed by atoms with Crippen LogP contribution >= 0.6 is 0 Å². The van der Waals surface area contributed by atoms with E-state index in [-0.39, 0.29) is 29.9 Å². The number of phenols is 1. The first kappa shape index (κ1) is 26.4. The predicted octanol–water partition coefficient (Wildman–Crippen LogP) is 6.04. The van der Waals surface area contributed by atoms with Crippen LogP contribution in [0.3, 0.4) is 0 Å². The minimum absolute atomic E-state index is 0.124. The molecule has 0 spiro atoms. The van der Waals surface area contributed by atoms with Gasteiger partial charge in [0.2, 0.25) is 0 Å². The fourth-order valence-electron chi connectivity index (χ4n) is 4.61. The number of amides is 1. The average molecular weight is 483 g/mol. The van der Waals surface area contributed by atoms with Crippen LogP contribution in [0.25, 0.3) is 11.1 Å². The molecular weight excluding hydrogens is 444 g/mol. The summed E-state index contributed by atoms with van der Waals surface area (Å²) in [5.74, 6) is 0.246. The van der Waals surface area contributed by atoms with E-state index in [0.29, 0.717) is 11.5 Å². The van der Waals surface area contributed by atoms with Gasteiger partial charge in [0.1, 0.15) is 11.4 Å². The molecular formula is C28H38N2O5. The molecule has 7 heteroatoms. The van der Waals surface area contributed by atoms with Crippen molar-refractivity contribution in [1.82, 2.24) is 5.32 Å². The molecule has 1 atom stereocenters. The summed E-state index contributed by atoms with van der Waals surface area (Å²) in [6.45, 7) is 9.67. The van der Waals surface area contributed by atoms with Gasteiger partial charge in [0.25, 0.3) is 0 Å². The Hall–Kier alpha value is -3.22. The second kappa shape index (κ2) is 11.0. The molecule has 1 amide bonds. The van der Waals surface area contributed by atoms with Crippen LogP contribution in [0.1, 0.15) is 69.3 Å². The minimum atomic E-state index is -0.505. The molecule has 3 rings (SSSR count). The highest BCUT2D eigenvalue weighted by Crippen LogP contribution is 2.33. The van der Waals surface area contributed by atoms with Crippen molar-refractivity contribution in [3.63, 3.8) is 0 Å². The number of hydrogen-bond acceptors (Lipinski definition) is 6. The second-order valence-electron chi connectivity index (χ2n) is 10.4. The van der Waals surface area contributed by atoms with Gasteiger partial charge >= 0.3 is 12.1 Å². The molecule has 1 aliphatic carbocycles. The molecule has 1 aliphatic rings. The van der Waals surface area contributed by atoms with E-state index in [4.69, 9.17) is 9.47 Å². The predicted molar refractivity (Wildman–Crippen MR) is 138 cm³/mol. The molecule has 0 radical (unpaired) electrons. The Morgan fingerprint density at radius 3 is 2.23 bits per heavy atom. The third-order valence-electron chi connectivity index (χ3n) is 6.60. The Morgan fingerprint density at radius 2 is 1.66 bits per heavy atom. The van der Waals surface area contributed by atoms with E-state index in [1.165, 1.54) is 7.11 Å². The van der Waals surface area contributed by atoms with Gasteiger partial charge in [0, 0.05) is 17.8 Å². The third-order valence-corrected chi connectivity index (χ3v) is 6.60. The van der Waals surface area contributed by atoms with Gasteiger partial charge < -0.3 is 25.2 Å². The summed E-state index contributed by atoms with van der Waals surface area (Å²) in [4.78, 5) is 24.6. The van der Waals surface area contributed by atoms with Crippen LogP contribution in [0.4, 0.5) is 10.5 Å². The fraction of sp³-hybridized carbons (Fsp3) is 0.500. The van der Waals surface area contributed by atoms with Crippen LogP contribution in [-0.2, 0) is 9.47 Å². The fourth-order valence-corrected chi connectivity index (χ4v) is 4.61. The first-order valence-electron chi connectivity index (χ1n) is 12.2. The molecule has 2 aromatic rings. The number of methoxy groups -OCH3 is 1. The number of hydrogen-bond donors (Lipinski definition) is 3. The van der Waals surface area contributed by atoms with Crippen LogP contribution in [0.5, 0.6) is 5.75 Å². The highest BCUT2D eigenvalue weighted by molar-refractivity contribution is 5.95. The van der Waals surface area contributed by atoms with E-state index < -0.39 is 5.60 Å². The Labute approximate surface area is 208 Å². The molecule has 7 nitrogen and oxygen atoms in total. The standard InChI is InChI=1S/C28H38N2O5/c1-17-24(26(32)34-6)15-21(20-9-13-23(31)14-10-20)16-25(17)29-18(2)19-7-11-22(12-8-19)30-27(33)35-28(3,4)5/h9-10,13-16,18-19,22,29,31H,7-8,11-12H2,1-6H3,(H,30,33). The van der Waals surface area contributed by atoms with E-state index >= 15 is 0 Å². The lowest BCUT2D eigenvalue weighted by molar-refractivity contribution is 0.0485. The topological polar surface area (TPSA) is 96.9 Å². The zero-order valence-electron chi connectivity index (χ0n) is 21.6. The van der Waals surface area contributed by atoms with Crippen molar-refractivity contribution in [2.75, 3.05) is 12.4 Å². The Bertz CT molecular complexity index is 1030. The summed E-state index contributed by atoms with van der Waals surface area (Å²) in [6.07, 6.45) is 3.40. The number of carbonyl (C=O) groups excluding carboxylic acids is 2. The lowest BCUT2D eigenvalue weighted by Crippen LogP contribution is -2.42. The van der Waals surface area contributed by atoms with E-state index in [2.05, 4.69) is 17.6 Å². The van der Waals surface area contributed by atoms with Gasteiger partial charge in [-0.1, -0.05) is 12.1 Å². The van der Waals surface area contributed by atoms with Crippen LogP contribution in [-0.4, -0.2) is 42.0 Å². The molecule has 0 bridgehead atoms. The first-order valence-corrected chi connectivity index (χ1v) is 12.2. The molecule has 35 heavy (non-hydrogen) atoms. The van der Waals surface area contributed by atoms with Gasteiger partial charge in [0.05, 0.1) is 12.7 Å². The van der Waals surface area contributed by atoms with Crippen molar-refractivity contribution in [3.05, 3.63) is 47.5 Å². The SMILES string of the molecule is COC(=O)c1cc(-c2ccc(O)cc2)cc(NC(C)C2CCC(NC(=O)OC(C)(C)C)CC2)c1C. The normalized spacial score (nSPS) is 18.9. The maximum Gasteiger partial charge on any atom is 0.407 e. The van der Waals surface area contributed by atoms with Crippen molar-refractivity contribution in [2.24, 2.45) is 5.92 Å². The maximum absolute atomic E-state index is 12.5. The van der Waals surface area contributed by atoms with E-state index in [9.17, 15) is 14.7 Å². The number of anilines is 1. The molecule has 0 aliphatic heterocycles. The smallest absolute Gasteiger partial charge is 0.407 e. The largest absolute Gasteiger partial charge is 0.508 e. The Balaban J connectivity index is 1.71. The molecule has 190 valence electrons. The Kier molecular flexibility index (Phi) is 8.30. The van der Waals surface area contributed by atoms with Crippen molar-refractivity contribution in [2.45, 2.75) is 78.0 Å². The van der Waals surface area contributed by atoms with Gasteiger partial charge in [-0.05, 0) is 107 Å². The number of carbonyl (C=O) groups is 2. The number of rotatable bonds is 6. The van der Waals surface area contributed by atoms with Gasteiger partial charge in [-0.3, -0.25) is 0 Å². The second-order valence-corrected chi connectivity index (χ2v) is 10.4. The van der Waals surface area contributed by atoms with E-state index in [1.54, 1.807) is 12.1 Å². The molecule has 0 heterocycles. The van der Waals surface area contributed by atoms with E-state index in [0.717, 1.165) is 48.1 Å². The summed E-state index contributed by atoms with van der Waals surface area (Å²) in [5.41, 5.74) is 3.50. The number of phenolic OH excluding ortho intramolecular Hbond substituents is 1.